The molecule has 0 aliphatic heterocycles. The Balaban J connectivity index is 2.00. The van der Waals surface area contributed by atoms with Crippen LogP contribution in [0.3, 0.4) is 0 Å². The fraction of sp³-hybridized carbons (Fsp3) is 0.429. The zero-order valence-electron chi connectivity index (χ0n) is 11.5. The minimum atomic E-state index is -4.46. The lowest BCUT2D eigenvalue weighted by molar-refractivity contribution is -0.141. The first-order valence-corrected chi connectivity index (χ1v) is 6.67. The molecule has 112 valence electrons. The molecule has 21 heavy (non-hydrogen) atoms. The van der Waals surface area contributed by atoms with E-state index in [0.717, 1.165) is 37.2 Å². The minimum Gasteiger partial charge on any atom is -0.320 e. The average Bonchev–Trinajstić information content (AvgIpc) is 2.78. The van der Waals surface area contributed by atoms with Crippen LogP contribution in [0, 0.1) is 0 Å². The highest BCUT2D eigenvalue weighted by molar-refractivity contribution is 5.60. The van der Waals surface area contributed by atoms with E-state index in [1.807, 2.05) is 0 Å². The predicted molar refractivity (Wildman–Crippen MR) is 71.2 cm³/mol. The predicted octanol–water partition coefficient (Wildman–Crippen LogP) is 2.84. The molecule has 2 aromatic rings. The van der Waals surface area contributed by atoms with Gasteiger partial charge in [-0.3, -0.25) is 9.67 Å². The largest absolute Gasteiger partial charge is 0.433 e. The molecule has 0 saturated heterocycles. The summed E-state index contributed by atoms with van der Waals surface area (Å²) in [7, 11) is 1.76. The van der Waals surface area contributed by atoms with Crippen LogP contribution < -0.4 is 5.73 Å². The first kappa shape index (κ1) is 14.1. The molecule has 7 heteroatoms. The Morgan fingerprint density at radius 2 is 2.00 bits per heavy atom. The van der Waals surface area contributed by atoms with Crippen molar-refractivity contribution >= 4 is 0 Å². The molecule has 2 N–H and O–H groups in total. The minimum absolute atomic E-state index is 0.391. The van der Waals surface area contributed by atoms with Crippen molar-refractivity contribution in [3.05, 3.63) is 35.8 Å². The van der Waals surface area contributed by atoms with E-state index in [1.54, 1.807) is 17.8 Å². The van der Waals surface area contributed by atoms with Gasteiger partial charge in [0, 0.05) is 18.8 Å². The number of rotatable bonds is 2. The van der Waals surface area contributed by atoms with Crippen LogP contribution in [-0.4, -0.2) is 14.8 Å². The topological polar surface area (TPSA) is 56.7 Å². The molecule has 0 atom stereocenters. The van der Waals surface area contributed by atoms with Crippen molar-refractivity contribution in [3.63, 3.8) is 0 Å². The van der Waals surface area contributed by atoms with Gasteiger partial charge in [0.05, 0.1) is 16.9 Å². The summed E-state index contributed by atoms with van der Waals surface area (Å²) in [6, 6.07) is 4.30. The molecule has 1 saturated carbocycles. The highest BCUT2D eigenvalue weighted by atomic mass is 19.4. The number of hydrogen-bond acceptors (Lipinski definition) is 3. The molecule has 3 rings (SSSR count). The Bertz CT molecular complexity index is 671. The molecule has 0 amide bonds. The standard InChI is InChI=1S/C14H15F3N4/c1-21-12(13(18)4-2-5-13)8-10(20-21)9-3-6-19-11(7-9)14(15,16)17/h3,6-8H,2,4-5,18H2,1H3. The van der Waals surface area contributed by atoms with Crippen LogP contribution in [0.15, 0.2) is 24.4 Å². The number of pyridine rings is 1. The molecule has 1 aliphatic rings. The third-order valence-electron chi connectivity index (χ3n) is 3.98. The summed E-state index contributed by atoms with van der Waals surface area (Å²) >= 11 is 0. The zero-order valence-corrected chi connectivity index (χ0v) is 11.5. The van der Waals surface area contributed by atoms with Gasteiger partial charge in [-0.1, -0.05) is 0 Å². The van der Waals surface area contributed by atoms with Gasteiger partial charge >= 0.3 is 6.18 Å². The van der Waals surface area contributed by atoms with Gasteiger partial charge in [-0.05, 0) is 37.5 Å². The summed E-state index contributed by atoms with van der Waals surface area (Å²) in [5.41, 5.74) is 6.67. The maximum Gasteiger partial charge on any atom is 0.433 e. The second-order valence-electron chi connectivity index (χ2n) is 5.48. The quantitative estimate of drug-likeness (QED) is 0.927. The third-order valence-corrected chi connectivity index (χ3v) is 3.98. The number of nitrogens with zero attached hydrogens (tertiary/aromatic N) is 3. The first-order valence-electron chi connectivity index (χ1n) is 6.67. The number of halogens is 3. The monoisotopic (exact) mass is 296 g/mol. The normalized spacial score (nSPS) is 17.6. The second kappa shape index (κ2) is 4.56. The lowest BCUT2D eigenvalue weighted by atomic mass is 9.75. The van der Waals surface area contributed by atoms with Crippen molar-refractivity contribution < 1.29 is 13.2 Å². The molecule has 0 spiro atoms. The van der Waals surface area contributed by atoms with E-state index in [0.29, 0.717) is 11.3 Å². The van der Waals surface area contributed by atoms with E-state index < -0.39 is 17.4 Å². The summed E-state index contributed by atoms with van der Waals surface area (Å²) in [6.45, 7) is 0. The van der Waals surface area contributed by atoms with Gasteiger partial charge in [0.1, 0.15) is 5.69 Å². The van der Waals surface area contributed by atoms with Crippen LogP contribution >= 0.6 is 0 Å². The Labute approximate surface area is 119 Å². The molecular weight excluding hydrogens is 281 g/mol. The maximum atomic E-state index is 12.7. The lowest BCUT2D eigenvalue weighted by Gasteiger charge is -2.37. The summed E-state index contributed by atoms with van der Waals surface area (Å²) in [5.74, 6) is 0. The van der Waals surface area contributed by atoms with E-state index in [9.17, 15) is 13.2 Å². The SMILES string of the molecule is Cn1nc(-c2ccnc(C(F)(F)F)c2)cc1C1(N)CCC1. The highest BCUT2D eigenvalue weighted by Gasteiger charge is 2.37. The summed E-state index contributed by atoms with van der Waals surface area (Å²) in [5, 5.41) is 4.29. The van der Waals surface area contributed by atoms with E-state index >= 15 is 0 Å². The van der Waals surface area contributed by atoms with Crippen molar-refractivity contribution in [2.45, 2.75) is 31.0 Å². The molecular formula is C14H15F3N4. The van der Waals surface area contributed by atoms with Gasteiger partial charge < -0.3 is 5.73 Å². The Hall–Kier alpha value is -1.89. The second-order valence-corrected chi connectivity index (χ2v) is 5.48. The number of nitrogens with two attached hydrogens (primary N) is 1. The van der Waals surface area contributed by atoms with Gasteiger partial charge in [-0.2, -0.15) is 18.3 Å². The summed E-state index contributed by atoms with van der Waals surface area (Å²) in [4.78, 5) is 3.36. The Kier molecular flexibility index (Phi) is 3.05. The van der Waals surface area contributed by atoms with E-state index in [4.69, 9.17) is 5.73 Å². The van der Waals surface area contributed by atoms with Crippen LogP contribution in [0.2, 0.25) is 0 Å². The lowest BCUT2D eigenvalue weighted by Crippen LogP contribution is -2.44. The van der Waals surface area contributed by atoms with E-state index in [-0.39, 0.29) is 0 Å². The molecule has 4 nitrogen and oxygen atoms in total. The van der Waals surface area contributed by atoms with Gasteiger partial charge in [-0.15, -0.1) is 0 Å². The van der Waals surface area contributed by atoms with Crippen molar-refractivity contribution in [2.24, 2.45) is 12.8 Å². The van der Waals surface area contributed by atoms with Crippen LogP contribution in [-0.2, 0) is 18.8 Å². The number of aryl methyl sites for hydroxylation is 1. The van der Waals surface area contributed by atoms with E-state index in [1.165, 1.54) is 6.07 Å². The van der Waals surface area contributed by atoms with Crippen molar-refractivity contribution in [1.82, 2.24) is 14.8 Å². The molecule has 1 fully saturated rings. The molecule has 0 bridgehead atoms. The fourth-order valence-electron chi connectivity index (χ4n) is 2.63. The van der Waals surface area contributed by atoms with Crippen molar-refractivity contribution in [3.8, 4) is 11.3 Å². The van der Waals surface area contributed by atoms with Crippen molar-refractivity contribution in [1.29, 1.82) is 0 Å². The third kappa shape index (κ3) is 2.42. The molecule has 1 aliphatic carbocycles. The number of aromatic nitrogens is 3. The summed E-state index contributed by atoms with van der Waals surface area (Å²) < 4.78 is 39.8. The van der Waals surface area contributed by atoms with Crippen molar-refractivity contribution in [2.75, 3.05) is 0 Å². The number of alkyl halides is 3. The van der Waals surface area contributed by atoms with Crippen LogP contribution in [0.25, 0.3) is 11.3 Å². The van der Waals surface area contributed by atoms with E-state index in [2.05, 4.69) is 10.1 Å². The summed E-state index contributed by atoms with van der Waals surface area (Å²) in [6.07, 6.45) is -0.512. The van der Waals surface area contributed by atoms with Crippen LogP contribution in [0.4, 0.5) is 13.2 Å². The molecule has 2 aromatic heterocycles. The van der Waals surface area contributed by atoms with Gasteiger partial charge in [-0.25, -0.2) is 0 Å². The van der Waals surface area contributed by atoms with Gasteiger partial charge in [0.15, 0.2) is 0 Å². The smallest absolute Gasteiger partial charge is 0.320 e. The Morgan fingerprint density at radius 3 is 2.57 bits per heavy atom. The number of hydrogen-bond donors (Lipinski definition) is 1. The van der Waals surface area contributed by atoms with Crippen LogP contribution in [0.5, 0.6) is 0 Å². The first-order chi connectivity index (χ1) is 9.79. The van der Waals surface area contributed by atoms with Gasteiger partial charge in [0.25, 0.3) is 0 Å². The molecule has 2 heterocycles. The highest BCUT2D eigenvalue weighted by Crippen LogP contribution is 2.39. The average molecular weight is 296 g/mol. The maximum absolute atomic E-state index is 12.7. The van der Waals surface area contributed by atoms with Gasteiger partial charge in [0.2, 0.25) is 0 Å². The zero-order chi connectivity index (χ0) is 15.3. The fourth-order valence-corrected chi connectivity index (χ4v) is 2.63. The molecule has 0 aromatic carbocycles. The molecule has 0 radical (unpaired) electrons. The molecule has 0 unspecified atom stereocenters. The van der Waals surface area contributed by atoms with Crippen LogP contribution in [0.1, 0.15) is 30.7 Å². The Morgan fingerprint density at radius 1 is 1.29 bits per heavy atom.